The number of aromatic nitrogens is 1. The Hall–Kier alpha value is -2.92. The molecule has 144 valence electrons. The van der Waals surface area contributed by atoms with E-state index in [9.17, 15) is 4.79 Å². The second-order valence-corrected chi connectivity index (χ2v) is 7.34. The van der Waals surface area contributed by atoms with Crippen LogP contribution in [0.15, 0.2) is 71.4 Å². The smallest absolute Gasteiger partial charge is 0.237 e. The van der Waals surface area contributed by atoms with Gasteiger partial charge in [-0.05, 0) is 41.9 Å². The molecule has 0 spiro atoms. The van der Waals surface area contributed by atoms with E-state index in [2.05, 4.69) is 53.7 Å². The van der Waals surface area contributed by atoms with Crippen LogP contribution in [0.5, 0.6) is 0 Å². The first-order chi connectivity index (χ1) is 13.8. The molecule has 5 nitrogen and oxygen atoms in total. The third-order valence-electron chi connectivity index (χ3n) is 5.59. The fourth-order valence-electron chi connectivity index (χ4n) is 4.31. The molecule has 1 heterocycles. The summed E-state index contributed by atoms with van der Waals surface area (Å²) in [6.45, 7) is 0.352. The van der Waals surface area contributed by atoms with Crippen molar-refractivity contribution in [3.63, 3.8) is 0 Å². The third kappa shape index (κ3) is 3.85. The first-order valence-electron chi connectivity index (χ1n) is 9.77. The van der Waals surface area contributed by atoms with Crippen molar-refractivity contribution in [2.45, 2.75) is 31.8 Å². The molecule has 1 aliphatic carbocycles. The monoisotopic (exact) mass is 375 g/mol. The third-order valence-corrected chi connectivity index (χ3v) is 5.59. The van der Waals surface area contributed by atoms with Gasteiger partial charge in [-0.1, -0.05) is 59.8 Å². The van der Waals surface area contributed by atoms with Crippen LogP contribution in [0, 0.1) is 5.92 Å². The van der Waals surface area contributed by atoms with Crippen molar-refractivity contribution in [3.8, 4) is 0 Å². The predicted molar refractivity (Wildman–Crippen MR) is 107 cm³/mol. The molecule has 2 aromatic carbocycles. The Morgan fingerprint density at radius 3 is 2.64 bits per heavy atom. The molecule has 0 radical (unpaired) electrons. The summed E-state index contributed by atoms with van der Waals surface area (Å²) in [5.74, 6) is 0.912. The van der Waals surface area contributed by atoms with Crippen LogP contribution in [-0.4, -0.2) is 22.5 Å². The number of fused-ring (bicyclic) bond motifs is 1. The molecule has 28 heavy (non-hydrogen) atoms. The summed E-state index contributed by atoms with van der Waals surface area (Å²) in [7, 11) is 0. The van der Waals surface area contributed by atoms with Gasteiger partial charge < -0.3 is 15.2 Å². The summed E-state index contributed by atoms with van der Waals surface area (Å²) in [6, 6.07) is 20.7. The summed E-state index contributed by atoms with van der Waals surface area (Å²) in [6.07, 6.45) is 4.58. The molecule has 0 saturated heterocycles. The lowest BCUT2D eigenvalue weighted by Crippen LogP contribution is -2.43. The summed E-state index contributed by atoms with van der Waals surface area (Å²) >= 11 is 0. The molecule has 3 aromatic rings. The minimum atomic E-state index is -0.0730. The van der Waals surface area contributed by atoms with E-state index in [4.69, 9.17) is 10.3 Å². The van der Waals surface area contributed by atoms with E-state index in [1.165, 1.54) is 16.7 Å². The maximum Gasteiger partial charge on any atom is 0.237 e. The number of nitrogens with two attached hydrogens (primary N) is 1. The molecule has 5 heteroatoms. The number of rotatable bonds is 6. The number of carbonyl (C=O) groups excluding carboxylic acids is 1. The Labute approximate surface area is 165 Å². The zero-order chi connectivity index (χ0) is 19.3. The van der Waals surface area contributed by atoms with Crippen LogP contribution in [0.3, 0.4) is 0 Å². The van der Waals surface area contributed by atoms with Crippen LogP contribution in [-0.2, 0) is 24.2 Å². The molecule has 1 amide bonds. The molecule has 1 aromatic heterocycles. The lowest BCUT2D eigenvalue weighted by Gasteiger charge is -2.41. The highest BCUT2D eigenvalue weighted by molar-refractivity contribution is 5.78. The van der Waals surface area contributed by atoms with Gasteiger partial charge in [-0.15, -0.1) is 0 Å². The first-order valence-corrected chi connectivity index (χ1v) is 9.77. The highest BCUT2D eigenvalue weighted by Crippen LogP contribution is 2.41. The quantitative estimate of drug-likeness (QED) is 0.716. The Bertz CT molecular complexity index is 909. The molecule has 1 aliphatic rings. The zero-order valence-corrected chi connectivity index (χ0v) is 15.8. The summed E-state index contributed by atoms with van der Waals surface area (Å²) < 4.78 is 5.31. The normalized spacial score (nSPS) is 18.5. The first kappa shape index (κ1) is 18.4. The SMILES string of the molecule is NCC(=O)N(Cc1ccno1)[C@@H]1c2ccccc2CC[C@H]1Cc1ccccc1. The van der Waals surface area contributed by atoms with E-state index < -0.39 is 0 Å². The Kier molecular flexibility index (Phi) is 5.53. The average molecular weight is 375 g/mol. The van der Waals surface area contributed by atoms with Crippen molar-refractivity contribution in [2.75, 3.05) is 6.54 Å². The van der Waals surface area contributed by atoms with E-state index in [1.54, 1.807) is 12.3 Å². The predicted octanol–water partition coefficient (Wildman–Crippen LogP) is 3.51. The molecule has 0 fully saturated rings. The molecular weight excluding hydrogens is 350 g/mol. The van der Waals surface area contributed by atoms with Gasteiger partial charge in [0.25, 0.3) is 0 Å². The van der Waals surface area contributed by atoms with Crippen molar-refractivity contribution < 1.29 is 9.32 Å². The summed E-state index contributed by atoms with van der Waals surface area (Å²) in [5, 5.41) is 3.79. The van der Waals surface area contributed by atoms with E-state index in [0.29, 0.717) is 18.2 Å². The van der Waals surface area contributed by atoms with Gasteiger partial charge in [-0.3, -0.25) is 4.79 Å². The van der Waals surface area contributed by atoms with Crippen molar-refractivity contribution in [1.29, 1.82) is 0 Å². The number of hydrogen-bond donors (Lipinski definition) is 1. The van der Waals surface area contributed by atoms with E-state index in [1.807, 2.05) is 11.0 Å². The van der Waals surface area contributed by atoms with Crippen LogP contribution in [0.4, 0.5) is 0 Å². The molecule has 0 aliphatic heterocycles. The van der Waals surface area contributed by atoms with E-state index >= 15 is 0 Å². The number of aryl methyl sites for hydroxylation is 1. The zero-order valence-electron chi connectivity index (χ0n) is 15.8. The van der Waals surface area contributed by atoms with Crippen molar-refractivity contribution >= 4 is 5.91 Å². The molecule has 2 N–H and O–H groups in total. The van der Waals surface area contributed by atoms with Crippen LogP contribution >= 0.6 is 0 Å². The highest BCUT2D eigenvalue weighted by atomic mass is 16.5. The molecule has 4 rings (SSSR count). The Morgan fingerprint density at radius 2 is 1.89 bits per heavy atom. The van der Waals surface area contributed by atoms with Gasteiger partial charge >= 0.3 is 0 Å². The second kappa shape index (κ2) is 8.40. The standard InChI is InChI=1S/C23H25N3O2/c24-15-22(27)26(16-20-12-13-25-28-20)23-19(14-17-6-2-1-3-7-17)11-10-18-8-4-5-9-21(18)23/h1-9,12-13,19,23H,10-11,14-16,24H2/t19-,23-/m0/s1. The molecule has 0 unspecified atom stereocenters. The lowest BCUT2D eigenvalue weighted by molar-refractivity contribution is -0.135. The molecule has 0 bridgehead atoms. The molecule has 0 saturated carbocycles. The van der Waals surface area contributed by atoms with Crippen LogP contribution in [0.2, 0.25) is 0 Å². The highest BCUT2D eigenvalue weighted by Gasteiger charge is 2.36. The van der Waals surface area contributed by atoms with E-state index in [-0.39, 0.29) is 18.5 Å². The fourth-order valence-corrected chi connectivity index (χ4v) is 4.31. The van der Waals surface area contributed by atoms with Crippen LogP contribution in [0.25, 0.3) is 0 Å². The van der Waals surface area contributed by atoms with Crippen molar-refractivity contribution in [3.05, 3.63) is 89.3 Å². The second-order valence-electron chi connectivity index (χ2n) is 7.34. The summed E-state index contributed by atoms with van der Waals surface area (Å²) in [4.78, 5) is 14.8. The summed E-state index contributed by atoms with van der Waals surface area (Å²) in [5.41, 5.74) is 9.61. The number of benzene rings is 2. The number of amides is 1. The number of carbonyl (C=O) groups is 1. The average Bonchev–Trinajstić information content (AvgIpc) is 3.26. The number of hydrogen-bond acceptors (Lipinski definition) is 4. The fraction of sp³-hybridized carbons (Fsp3) is 0.304. The topological polar surface area (TPSA) is 72.4 Å². The van der Waals surface area contributed by atoms with Gasteiger partial charge in [-0.25, -0.2) is 0 Å². The molecular formula is C23H25N3O2. The van der Waals surface area contributed by atoms with Gasteiger partial charge in [0.2, 0.25) is 5.91 Å². The van der Waals surface area contributed by atoms with Crippen LogP contribution in [0.1, 0.15) is 34.9 Å². The van der Waals surface area contributed by atoms with Crippen molar-refractivity contribution in [2.24, 2.45) is 11.7 Å². The van der Waals surface area contributed by atoms with Gasteiger partial charge in [0, 0.05) is 6.07 Å². The molecule has 2 atom stereocenters. The minimum absolute atomic E-state index is 0.0230. The Balaban J connectivity index is 1.72. The minimum Gasteiger partial charge on any atom is -0.360 e. The lowest BCUT2D eigenvalue weighted by atomic mass is 9.76. The van der Waals surface area contributed by atoms with E-state index in [0.717, 1.165) is 19.3 Å². The van der Waals surface area contributed by atoms with Crippen molar-refractivity contribution in [1.82, 2.24) is 10.1 Å². The maximum atomic E-state index is 12.9. The largest absolute Gasteiger partial charge is 0.360 e. The Morgan fingerprint density at radius 1 is 1.11 bits per heavy atom. The van der Waals surface area contributed by atoms with Crippen LogP contribution < -0.4 is 5.73 Å². The number of nitrogens with zero attached hydrogens (tertiary/aromatic N) is 2. The maximum absolute atomic E-state index is 12.9. The van der Waals surface area contributed by atoms with Gasteiger partial charge in [0.15, 0.2) is 5.76 Å². The van der Waals surface area contributed by atoms with Gasteiger partial charge in [0.05, 0.1) is 25.3 Å². The van der Waals surface area contributed by atoms with Gasteiger partial charge in [0.1, 0.15) is 0 Å². The van der Waals surface area contributed by atoms with Gasteiger partial charge in [-0.2, -0.15) is 0 Å².